The van der Waals surface area contributed by atoms with Gasteiger partial charge in [0.1, 0.15) is 47.8 Å². The average molecular weight is 765 g/mol. The van der Waals surface area contributed by atoms with Crippen molar-refractivity contribution in [2.24, 2.45) is 23.7 Å². The molecule has 2 aromatic carbocycles. The Morgan fingerprint density at radius 3 is 1.18 bits per heavy atom. The van der Waals surface area contributed by atoms with Crippen LogP contribution in [0.4, 0.5) is 0 Å². The second kappa shape index (κ2) is 20.5. The highest BCUT2D eigenvalue weighted by Crippen LogP contribution is 2.17. The number of hydrogen-bond acceptors (Lipinski definition) is 8. The van der Waals surface area contributed by atoms with Gasteiger partial charge in [-0.2, -0.15) is 0 Å². The van der Waals surface area contributed by atoms with Crippen LogP contribution in [0.15, 0.2) is 48.5 Å². The lowest BCUT2D eigenvalue weighted by atomic mass is 9.95. The zero-order valence-electron chi connectivity index (χ0n) is 33.3. The Balaban J connectivity index is 2.16. The molecule has 0 bridgehead atoms. The molecule has 302 valence electrons. The molecule has 6 amide bonds. The molecule has 8 N–H and O–H groups in total. The Hall–Kier alpha value is -5.14. The molecule has 14 nitrogen and oxygen atoms in total. The van der Waals surface area contributed by atoms with Crippen molar-refractivity contribution >= 4 is 35.4 Å². The Labute approximate surface area is 324 Å². The van der Waals surface area contributed by atoms with Gasteiger partial charge in [0, 0.05) is 12.8 Å². The van der Waals surface area contributed by atoms with Gasteiger partial charge in [0.2, 0.25) is 35.4 Å². The first-order chi connectivity index (χ1) is 25.9. The van der Waals surface area contributed by atoms with Crippen LogP contribution in [0.25, 0.3) is 0 Å². The molecule has 14 heteroatoms. The summed E-state index contributed by atoms with van der Waals surface area (Å²) in [6.07, 6.45) is 0.898. The van der Waals surface area contributed by atoms with Crippen LogP contribution >= 0.6 is 0 Å². The van der Waals surface area contributed by atoms with E-state index in [1.54, 1.807) is 45.0 Å². The van der Waals surface area contributed by atoms with E-state index in [9.17, 15) is 39.0 Å². The molecule has 0 aromatic heterocycles. The normalized spacial score (nSPS) is 24.2. The van der Waals surface area contributed by atoms with Crippen molar-refractivity contribution in [3.63, 3.8) is 0 Å². The molecule has 0 radical (unpaired) electrons. The third kappa shape index (κ3) is 13.6. The molecule has 0 unspecified atom stereocenters. The van der Waals surface area contributed by atoms with Crippen LogP contribution in [-0.4, -0.2) is 81.9 Å². The minimum atomic E-state index is -1.22. The SMILES string of the molecule is CC[C@H](C)[C@H]1NC(=O)[C@H](Cc2ccc(O)cc2)NC(=O)[C@@H](CC(C)C)NC(=O)[C@H](CC(C)C)NC(=O)[C@H](C(C)C)NC(=O)[C@@H](Cc2ccc(O)cc2)NC1=O. The van der Waals surface area contributed by atoms with Gasteiger partial charge in [-0.05, 0) is 71.9 Å². The number of aromatic hydroxyl groups is 2. The van der Waals surface area contributed by atoms with E-state index < -0.39 is 83.5 Å². The maximum absolute atomic E-state index is 14.2. The van der Waals surface area contributed by atoms with Gasteiger partial charge in [-0.15, -0.1) is 0 Å². The van der Waals surface area contributed by atoms with Crippen LogP contribution in [0.5, 0.6) is 11.5 Å². The van der Waals surface area contributed by atoms with Crippen LogP contribution in [0.2, 0.25) is 0 Å². The largest absolute Gasteiger partial charge is 0.508 e. The Morgan fingerprint density at radius 1 is 0.473 bits per heavy atom. The lowest BCUT2D eigenvalue weighted by Gasteiger charge is -2.31. The smallest absolute Gasteiger partial charge is 0.243 e. The molecular formula is C41H60N6O8. The van der Waals surface area contributed by atoms with Crippen molar-refractivity contribution in [3.8, 4) is 11.5 Å². The van der Waals surface area contributed by atoms with E-state index in [0.29, 0.717) is 17.5 Å². The number of carbonyl (C=O) groups excluding carboxylic acids is 6. The van der Waals surface area contributed by atoms with Crippen LogP contribution in [-0.2, 0) is 41.6 Å². The van der Waals surface area contributed by atoms with E-state index in [1.807, 2.05) is 34.6 Å². The fourth-order valence-electron chi connectivity index (χ4n) is 6.37. The van der Waals surface area contributed by atoms with Gasteiger partial charge in [0.25, 0.3) is 0 Å². The third-order valence-corrected chi connectivity index (χ3v) is 9.74. The van der Waals surface area contributed by atoms with Crippen LogP contribution in [0.1, 0.15) is 85.8 Å². The van der Waals surface area contributed by atoms with Gasteiger partial charge in [-0.25, -0.2) is 0 Å². The zero-order valence-corrected chi connectivity index (χ0v) is 33.3. The monoisotopic (exact) mass is 764 g/mol. The quantitative estimate of drug-likeness (QED) is 0.170. The predicted molar refractivity (Wildman–Crippen MR) is 208 cm³/mol. The summed E-state index contributed by atoms with van der Waals surface area (Å²) in [6, 6.07) is 5.46. The summed E-state index contributed by atoms with van der Waals surface area (Å²) < 4.78 is 0. The Morgan fingerprint density at radius 2 is 0.800 bits per heavy atom. The summed E-state index contributed by atoms with van der Waals surface area (Å²) in [5.74, 6) is -4.71. The number of rotatable bonds is 11. The minimum Gasteiger partial charge on any atom is -0.508 e. The number of amides is 6. The van der Waals surface area contributed by atoms with Crippen molar-refractivity contribution in [1.29, 1.82) is 0 Å². The van der Waals surface area contributed by atoms with Crippen LogP contribution < -0.4 is 31.9 Å². The number of carbonyl (C=O) groups is 6. The number of phenolic OH excluding ortho intramolecular Hbond substituents is 2. The van der Waals surface area contributed by atoms with E-state index in [2.05, 4.69) is 31.9 Å². The highest BCUT2D eigenvalue weighted by atomic mass is 16.3. The molecule has 1 fully saturated rings. The molecule has 55 heavy (non-hydrogen) atoms. The summed E-state index contributed by atoms with van der Waals surface area (Å²) in [5.41, 5.74) is 1.22. The summed E-state index contributed by atoms with van der Waals surface area (Å²) in [4.78, 5) is 84.4. The van der Waals surface area contributed by atoms with Gasteiger partial charge < -0.3 is 42.1 Å². The number of phenols is 2. The summed E-state index contributed by atoms with van der Waals surface area (Å²) in [5, 5.41) is 36.6. The first-order valence-corrected chi connectivity index (χ1v) is 19.3. The topological polar surface area (TPSA) is 215 Å². The van der Waals surface area contributed by atoms with E-state index >= 15 is 0 Å². The van der Waals surface area contributed by atoms with Crippen LogP contribution in [0.3, 0.4) is 0 Å². The van der Waals surface area contributed by atoms with Crippen LogP contribution in [0, 0.1) is 23.7 Å². The standard InChI is InChI=1S/C41H60N6O8/c1-9-25(8)35-41(55)45-33(21-27-12-16-29(49)17-13-27)38(52)46-34(24(6)7)40(54)44-31(19-23(4)5)37(51)42-30(18-22(2)3)36(50)43-32(39(53)47-35)20-26-10-14-28(48)15-11-26/h10-17,22-25,30-35,48-49H,9,18-21H2,1-8H3,(H,42,51)(H,43,50)(H,44,54)(H,45,55)(H,46,52)(H,47,53)/t25-,30+,31-,32-,33+,34-,35+/m0/s1. The fourth-order valence-corrected chi connectivity index (χ4v) is 6.37. The van der Waals surface area contributed by atoms with E-state index in [0.717, 1.165) is 0 Å². The second-order valence-electron chi connectivity index (χ2n) is 15.8. The number of benzene rings is 2. The van der Waals surface area contributed by atoms with E-state index in [-0.39, 0.29) is 49.0 Å². The molecule has 2 aromatic rings. The molecule has 1 aliphatic heterocycles. The molecular weight excluding hydrogens is 704 g/mol. The molecule has 1 saturated heterocycles. The van der Waals surface area contributed by atoms with Gasteiger partial charge in [0.15, 0.2) is 0 Å². The average Bonchev–Trinajstić information content (AvgIpc) is 3.11. The fraction of sp³-hybridized carbons (Fsp3) is 0.561. The van der Waals surface area contributed by atoms with Crippen molar-refractivity contribution in [2.45, 2.75) is 124 Å². The van der Waals surface area contributed by atoms with Crippen molar-refractivity contribution in [1.82, 2.24) is 31.9 Å². The first-order valence-electron chi connectivity index (χ1n) is 19.3. The summed E-state index contributed by atoms with van der Waals surface area (Å²) >= 11 is 0. The molecule has 3 rings (SSSR count). The van der Waals surface area contributed by atoms with Crippen molar-refractivity contribution in [2.75, 3.05) is 0 Å². The molecule has 0 spiro atoms. The highest BCUT2D eigenvalue weighted by molar-refractivity contribution is 5.98. The minimum absolute atomic E-state index is 0.0104. The van der Waals surface area contributed by atoms with Crippen molar-refractivity contribution in [3.05, 3.63) is 59.7 Å². The molecule has 7 atom stereocenters. The van der Waals surface area contributed by atoms with Gasteiger partial charge in [0.05, 0.1) is 0 Å². The lowest BCUT2D eigenvalue weighted by molar-refractivity contribution is -0.137. The molecule has 0 saturated carbocycles. The molecule has 0 aliphatic carbocycles. The molecule has 1 aliphatic rings. The zero-order chi connectivity index (χ0) is 41.0. The maximum Gasteiger partial charge on any atom is 0.243 e. The van der Waals surface area contributed by atoms with Gasteiger partial charge in [-0.1, -0.05) is 86.1 Å². The lowest BCUT2D eigenvalue weighted by Crippen LogP contribution is -2.63. The second-order valence-corrected chi connectivity index (χ2v) is 15.8. The van der Waals surface area contributed by atoms with Gasteiger partial charge in [-0.3, -0.25) is 28.8 Å². The Kier molecular flexibility index (Phi) is 16.5. The molecule has 1 heterocycles. The highest BCUT2D eigenvalue weighted by Gasteiger charge is 2.37. The van der Waals surface area contributed by atoms with Crippen molar-refractivity contribution < 1.29 is 39.0 Å². The van der Waals surface area contributed by atoms with E-state index in [4.69, 9.17) is 0 Å². The summed E-state index contributed by atoms with van der Waals surface area (Å²) in [7, 11) is 0. The number of hydrogen-bond donors (Lipinski definition) is 8. The van der Waals surface area contributed by atoms with Gasteiger partial charge >= 0.3 is 0 Å². The Bertz CT molecular complexity index is 1630. The first kappa shape index (κ1) is 44.3. The predicted octanol–water partition coefficient (Wildman–Crippen LogP) is 2.60. The van der Waals surface area contributed by atoms with E-state index in [1.165, 1.54) is 24.3 Å². The summed E-state index contributed by atoms with van der Waals surface area (Å²) in [6.45, 7) is 14.7. The maximum atomic E-state index is 14.2. The third-order valence-electron chi connectivity index (χ3n) is 9.74. The number of nitrogens with one attached hydrogen (secondary N) is 6.